The maximum atomic E-state index is 14.2. The number of sulfone groups is 1. The summed E-state index contributed by atoms with van der Waals surface area (Å²) in [6, 6.07) is 10.6. The van der Waals surface area contributed by atoms with Crippen LogP contribution in [0.3, 0.4) is 0 Å². The second kappa shape index (κ2) is 15.3. The Morgan fingerprint density at radius 2 is 1.84 bits per heavy atom. The molecule has 1 saturated heterocycles. The Labute approximate surface area is 261 Å². The molecular weight excluding hydrogens is 616 g/mol. The SMILES string of the molecule is CCCCC1CC(NC(=O)Nc2cc(C(N)=O)c(F)cc2F)CCN1Cc1ccc(Oc2ccc(S(C)(=O)=O)cc2)nc1.Cl. The highest BCUT2D eigenvalue weighted by molar-refractivity contribution is 7.90. The van der Waals surface area contributed by atoms with Crippen LogP contribution in [0.5, 0.6) is 11.6 Å². The first kappa shape index (κ1) is 34.7. The van der Waals surface area contributed by atoms with Crippen molar-refractivity contribution in [3.63, 3.8) is 0 Å². The van der Waals surface area contributed by atoms with Gasteiger partial charge in [0.05, 0.1) is 16.1 Å². The average molecular weight is 652 g/mol. The fraction of sp³-hybridized carbons (Fsp3) is 0.367. The number of hydrogen-bond acceptors (Lipinski definition) is 7. The van der Waals surface area contributed by atoms with Crippen molar-refractivity contribution < 1.29 is 31.5 Å². The van der Waals surface area contributed by atoms with E-state index < -0.39 is 39.0 Å². The minimum atomic E-state index is -3.29. The predicted molar refractivity (Wildman–Crippen MR) is 165 cm³/mol. The number of likely N-dealkylation sites (tertiary alicyclic amines) is 1. The molecule has 2 unspecified atom stereocenters. The molecule has 2 atom stereocenters. The molecule has 1 aliphatic rings. The van der Waals surface area contributed by atoms with Crippen molar-refractivity contribution in [2.75, 3.05) is 18.1 Å². The summed E-state index contributed by atoms with van der Waals surface area (Å²) < 4.78 is 57.1. The third-order valence-corrected chi connectivity index (χ3v) is 8.42. The number of benzene rings is 2. The molecule has 1 aliphatic heterocycles. The van der Waals surface area contributed by atoms with E-state index >= 15 is 0 Å². The highest BCUT2D eigenvalue weighted by atomic mass is 35.5. The van der Waals surface area contributed by atoms with Gasteiger partial charge in [-0.25, -0.2) is 27.0 Å². The first-order chi connectivity index (χ1) is 20.4. The lowest BCUT2D eigenvalue weighted by atomic mass is 9.93. The summed E-state index contributed by atoms with van der Waals surface area (Å²) in [6.45, 7) is 3.48. The molecule has 0 saturated carbocycles. The Morgan fingerprint density at radius 1 is 1.11 bits per heavy atom. The van der Waals surface area contributed by atoms with Gasteiger partial charge in [-0.2, -0.15) is 0 Å². The number of nitrogens with zero attached hydrogens (tertiary/aromatic N) is 2. The number of anilines is 1. The average Bonchev–Trinajstić information content (AvgIpc) is 2.95. The molecule has 1 aromatic heterocycles. The van der Waals surface area contributed by atoms with Crippen LogP contribution in [0.25, 0.3) is 0 Å². The van der Waals surface area contributed by atoms with Gasteiger partial charge in [-0.15, -0.1) is 12.4 Å². The van der Waals surface area contributed by atoms with E-state index in [4.69, 9.17) is 10.5 Å². The lowest BCUT2D eigenvalue weighted by Gasteiger charge is -2.40. The van der Waals surface area contributed by atoms with Crippen molar-refractivity contribution in [3.05, 3.63) is 77.5 Å². The molecule has 4 rings (SSSR count). The molecule has 2 aromatic carbocycles. The van der Waals surface area contributed by atoms with Crippen LogP contribution >= 0.6 is 12.4 Å². The van der Waals surface area contributed by atoms with Crippen LogP contribution in [-0.4, -0.2) is 55.1 Å². The normalized spacial score (nSPS) is 16.9. The van der Waals surface area contributed by atoms with E-state index in [-0.39, 0.29) is 35.1 Å². The summed E-state index contributed by atoms with van der Waals surface area (Å²) in [7, 11) is -3.29. The Morgan fingerprint density at radius 3 is 2.45 bits per heavy atom. The van der Waals surface area contributed by atoms with Crippen molar-refractivity contribution in [1.82, 2.24) is 15.2 Å². The van der Waals surface area contributed by atoms with E-state index in [2.05, 4.69) is 27.4 Å². The molecule has 44 heavy (non-hydrogen) atoms. The number of halogens is 3. The topological polar surface area (TPSA) is 144 Å². The zero-order valence-corrected chi connectivity index (χ0v) is 26.0. The number of nitrogens with two attached hydrogens (primary N) is 1. The second-order valence-corrected chi connectivity index (χ2v) is 12.6. The standard InChI is InChI=1S/C30H35F2N5O5S.ClH/c1-3-4-5-21-14-20(35-30(39)36-27-15-24(29(33)38)25(31)16-26(27)32)12-13-37(21)18-19-6-11-28(34-17-19)42-22-7-9-23(10-8-22)43(2,40)41;/h6-11,15-17,20-21H,3-5,12-14,18H2,1-2H3,(H2,33,38)(H2,35,36,39);1H. The van der Waals surface area contributed by atoms with Crippen LogP contribution in [0.15, 0.2) is 59.6 Å². The third kappa shape index (κ3) is 9.34. The van der Waals surface area contributed by atoms with Gasteiger partial charge in [0.1, 0.15) is 17.4 Å². The zero-order valence-electron chi connectivity index (χ0n) is 24.4. The zero-order chi connectivity index (χ0) is 31.1. The van der Waals surface area contributed by atoms with Crippen molar-refractivity contribution in [1.29, 1.82) is 0 Å². The number of carbonyl (C=O) groups excluding carboxylic acids is 2. The smallest absolute Gasteiger partial charge is 0.319 e. The number of pyridine rings is 1. The Kier molecular flexibility index (Phi) is 12.0. The van der Waals surface area contributed by atoms with Gasteiger partial charge in [-0.1, -0.05) is 25.8 Å². The maximum Gasteiger partial charge on any atom is 0.319 e. The predicted octanol–water partition coefficient (Wildman–Crippen LogP) is 5.42. The van der Waals surface area contributed by atoms with E-state index in [1.807, 2.05) is 6.07 Å². The molecule has 0 aliphatic carbocycles. The minimum absolute atomic E-state index is 0. The van der Waals surface area contributed by atoms with Crippen LogP contribution in [0.1, 0.15) is 54.9 Å². The van der Waals surface area contributed by atoms with Crippen molar-refractivity contribution in [2.24, 2.45) is 5.73 Å². The monoisotopic (exact) mass is 651 g/mol. The van der Waals surface area contributed by atoms with Crippen molar-refractivity contribution >= 4 is 39.9 Å². The molecule has 238 valence electrons. The Balaban J connectivity index is 0.00000529. The highest BCUT2D eigenvalue weighted by Crippen LogP contribution is 2.26. The number of nitrogens with one attached hydrogen (secondary N) is 2. The highest BCUT2D eigenvalue weighted by Gasteiger charge is 2.29. The van der Waals surface area contributed by atoms with Gasteiger partial charge in [0.2, 0.25) is 5.88 Å². The number of amides is 3. The molecule has 4 N–H and O–H groups in total. The van der Waals surface area contributed by atoms with Gasteiger partial charge >= 0.3 is 6.03 Å². The van der Waals surface area contributed by atoms with Crippen LogP contribution in [0, 0.1) is 11.6 Å². The number of piperidine rings is 1. The van der Waals surface area contributed by atoms with E-state index in [1.54, 1.807) is 24.4 Å². The second-order valence-electron chi connectivity index (χ2n) is 10.6. The third-order valence-electron chi connectivity index (χ3n) is 7.29. The molecule has 0 radical (unpaired) electrons. The Bertz CT molecular complexity index is 1560. The van der Waals surface area contributed by atoms with E-state index in [0.29, 0.717) is 43.6 Å². The van der Waals surface area contributed by atoms with Crippen molar-refractivity contribution in [2.45, 2.75) is 62.6 Å². The molecule has 10 nitrogen and oxygen atoms in total. The van der Waals surface area contributed by atoms with Gasteiger partial charge in [-0.3, -0.25) is 9.69 Å². The number of primary amides is 1. The van der Waals surface area contributed by atoms with E-state index in [9.17, 15) is 26.8 Å². The summed E-state index contributed by atoms with van der Waals surface area (Å²) in [6.07, 6.45) is 7.20. The largest absolute Gasteiger partial charge is 0.439 e. The maximum absolute atomic E-state index is 14.2. The fourth-order valence-electron chi connectivity index (χ4n) is 5.03. The minimum Gasteiger partial charge on any atom is -0.439 e. The molecule has 3 amide bonds. The van der Waals surface area contributed by atoms with Crippen LogP contribution in [0.4, 0.5) is 19.3 Å². The summed E-state index contributed by atoms with van der Waals surface area (Å²) in [5, 5.41) is 5.24. The molecule has 3 aromatic rings. The van der Waals surface area contributed by atoms with E-state index in [1.165, 1.54) is 12.1 Å². The molecule has 2 heterocycles. The van der Waals surface area contributed by atoms with Gasteiger partial charge in [0.25, 0.3) is 5.91 Å². The number of urea groups is 1. The number of aromatic nitrogens is 1. The lowest BCUT2D eigenvalue weighted by molar-refractivity contribution is 0.0996. The summed E-state index contributed by atoms with van der Waals surface area (Å²) in [5.41, 5.74) is 5.27. The van der Waals surface area contributed by atoms with Gasteiger partial charge in [0.15, 0.2) is 9.84 Å². The molecule has 1 fully saturated rings. The number of hydrogen-bond donors (Lipinski definition) is 3. The summed E-state index contributed by atoms with van der Waals surface area (Å²) >= 11 is 0. The molecular formula is C30H36ClF2N5O5S. The molecule has 0 bridgehead atoms. The number of ether oxygens (including phenoxy) is 1. The number of unbranched alkanes of at least 4 members (excludes halogenated alkanes) is 1. The van der Waals surface area contributed by atoms with E-state index in [0.717, 1.165) is 37.1 Å². The van der Waals surface area contributed by atoms with Crippen LogP contribution in [0.2, 0.25) is 0 Å². The van der Waals surface area contributed by atoms with Crippen LogP contribution in [-0.2, 0) is 16.4 Å². The molecule has 0 spiro atoms. The fourth-order valence-corrected chi connectivity index (χ4v) is 5.66. The number of rotatable bonds is 11. The van der Waals surface area contributed by atoms with Crippen LogP contribution < -0.4 is 21.1 Å². The first-order valence-corrected chi connectivity index (χ1v) is 15.9. The van der Waals surface area contributed by atoms with Crippen molar-refractivity contribution in [3.8, 4) is 11.6 Å². The quantitative estimate of drug-likeness (QED) is 0.251. The molecule has 14 heteroatoms. The number of carbonyl (C=O) groups is 2. The van der Waals surface area contributed by atoms with Gasteiger partial charge in [-0.05, 0) is 55.2 Å². The first-order valence-electron chi connectivity index (χ1n) is 14.0. The Hall–Kier alpha value is -3.81. The van der Waals surface area contributed by atoms with Gasteiger partial charge < -0.3 is 21.1 Å². The lowest BCUT2D eigenvalue weighted by Crippen LogP contribution is -2.50. The summed E-state index contributed by atoms with van der Waals surface area (Å²) in [5.74, 6) is -2.32. The summed E-state index contributed by atoms with van der Waals surface area (Å²) in [4.78, 5) is 31.0. The van der Waals surface area contributed by atoms with Gasteiger partial charge in [0, 0.05) is 49.8 Å².